The second-order valence-electron chi connectivity index (χ2n) is 5.08. The predicted octanol–water partition coefficient (Wildman–Crippen LogP) is 3.19. The van der Waals surface area contributed by atoms with Crippen LogP contribution in [0.1, 0.15) is 39.0 Å². The summed E-state index contributed by atoms with van der Waals surface area (Å²) in [6, 6.07) is 3.23. The van der Waals surface area contributed by atoms with Crippen molar-refractivity contribution in [3.63, 3.8) is 0 Å². The molecule has 6 nitrogen and oxygen atoms in total. The first-order valence-electron chi connectivity index (χ1n) is 7.36. The van der Waals surface area contributed by atoms with E-state index in [1.807, 2.05) is 6.92 Å². The molecule has 0 radical (unpaired) electrons. The minimum atomic E-state index is -0.336. The number of anilines is 2. The summed E-state index contributed by atoms with van der Waals surface area (Å²) < 4.78 is 0. The number of rotatable bonds is 4. The molecule has 1 aliphatic heterocycles. The molecule has 20 heavy (non-hydrogen) atoms. The molecule has 1 aromatic rings. The summed E-state index contributed by atoms with van der Waals surface area (Å²) in [7, 11) is 0. The van der Waals surface area contributed by atoms with E-state index in [0.29, 0.717) is 11.6 Å². The first-order chi connectivity index (χ1) is 9.72. The van der Waals surface area contributed by atoms with Crippen LogP contribution in [0, 0.1) is 10.1 Å². The Balaban J connectivity index is 2.29. The molecule has 0 amide bonds. The molecule has 1 aliphatic rings. The number of nitrogens with zero attached hydrogens (tertiary/aromatic N) is 3. The van der Waals surface area contributed by atoms with Crippen molar-refractivity contribution in [2.75, 3.05) is 29.9 Å². The maximum Gasteiger partial charge on any atom is 0.311 e. The van der Waals surface area contributed by atoms with Crippen molar-refractivity contribution in [3.05, 3.63) is 22.2 Å². The Hall–Kier alpha value is -1.85. The van der Waals surface area contributed by atoms with Gasteiger partial charge in [-0.25, -0.2) is 4.98 Å². The number of hydrogen-bond acceptors (Lipinski definition) is 5. The fraction of sp³-hybridized carbons (Fsp3) is 0.643. The monoisotopic (exact) mass is 278 g/mol. The van der Waals surface area contributed by atoms with Gasteiger partial charge in [0.25, 0.3) is 0 Å². The summed E-state index contributed by atoms with van der Waals surface area (Å²) in [5, 5.41) is 14.3. The van der Waals surface area contributed by atoms with Crippen molar-refractivity contribution < 1.29 is 4.92 Å². The van der Waals surface area contributed by atoms with E-state index in [9.17, 15) is 10.1 Å². The van der Waals surface area contributed by atoms with Gasteiger partial charge in [0, 0.05) is 25.7 Å². The molecule has 0 spiro atoms. The number of nitro groups is 1. The maximum absolute atomic E-state index is 11.2. The molecule has 1 saturated heterocycles. The quantitative estimate of drug-likeness (QED) is 0.676. The number of aromatic nitrogens is 1. The molecule has 1 fully saturated rings. The molecule has 1 N–H and O–H groups in total. The highest BCUT2D eigenvalue weighted by molar-refractivity contribution is 5.61. The summed E-state index contributed by atoms with van der Waals surface area (Å²) in [4.78, 5) is 17.4. The molecule has 0 bridgehead atoms. The van der Waals surface area contributed by atoms with E-state index in [1.54, 1.807) is 12.1 Å². The third-order valence-electron chi connectivity index (χ3n) is 3.56. The first-order valence-corrected chi connectivity index (χ1v) is 7.36. The Kier molecular flexibility index (Phi) is 5.15. The fourth-order valence-corrected chi connectivity index (χ4v) is 2.56. The van der Waals surface area contributed by atoms with Gasteiger partial charge in [0.1, 0.15) is 5.82 Å². The number of hydrogen-bond donors (Lipinski definition) is 1. The molecule has 1 aromatic heterocycles. The van der Waals surface area contributed by atoms with Crippen molar-refractivity contribution >= 4 is 17.3 Å². The van der Waals surface area contributed by atoms with Gasteiger partial charge in [-0.3, -0.25) is 10.1 Å². The number of nitrogens with one attached hydrogen (secondary N) is 1. The van der Waals surface area contributed by atoms with Gasteiger partial charge in [0.15, 0.2) is 0 Å². The molecule has 0 saturated carbocycles. The van der Waals surface area contributed by atoms with Crippen LogP contribution in [-0.4, -0.2) is 29.5 Å². The second kappa shape index (κ2) is 7.07. The highest BCUT2D eigenvalue weighted by Gasteiger charge is 2.22. The van der Waals surface area contributed by atoms with E-state index < -0.39 is 0 Å². The average molecular weight is 278 g/mol. The first kappa shape index (κ1) is 14.6. The van der Waals surface area contributed by atoms with Gasteiger partial charge in [-0.15, -0.1) is 0 Å². The highest BCUT2D eigenvalue weighted by atomic mass is 16.6. The van der Waals surface area contributed by atoms with Crippen LogP contribution in [-0.2, 0) is 0 Å². The zero-order valence-corrected chi connectivity index (χ0v) is 12.0. The minimum Gasteiger partial charge on any atom is -0.370 e. The van der Waals surface area contributed by atoms with Crippen LogP contribution >= 0.6 is 0 Å². The van der Waals surface area contributed by atoms with Crippen LogP contribution in [0.25, 0.3) is 0 Å². The molecule has 0 aromatic carbocycles. The van der Waals surface area contributed by atoms with Gasteiger partial charge in [0.2, 0.25) is 5.82 Å². The Morgan fingerprint density at radius 2 is 1.90 bits per heavy atom. The Morgan fingerprint density at radius 1 is 1.25 bits per heavy atom. The van der Waals surface area contributed by atoms with Gasteiger partial charge in [-0.2, -0.15) is 0 Å². The SMILES string of the molecule is CCNc1ccc([N+](=O)[O-])c(N2CCCCCCC2)n1. The van der Waals surface area contributed by atoms with Gasteiger partial charge in [-0.1, -0.05) is 19.3 Å². The Morgan fingerprint density at radius 3 is 2.50 bits per heavy atom. The minimum absolute atomic E-state index is 0.104. The Bertz CT molecular complexity index is 456. The van der Waals surface area contributed by atoms with E-state index in [0.717, 1.165) is 32.5 Å². The smallest absolute Gasteiger partial charge is 0.311 e. The van der Waals surface area contributed by atoms with Crippen LogP contribution in [0.15, 0.2) is 12.1 Å². The molecule has 110 valence electrons. The molecule has 0 aliphatic carbocycles. The lowest BCUT2D eigenvalue weighted by atomic mass is 10.1. The molecular formula is C14H22N4O2. The summed E-state index contributed by atoms with van der Waals surface area (Å²) in [6.07, 6.45) is 5.80. The molecule has 6 heteroatoms. The Labute approximate surface area is 119 Å². The molecular weight excluding hydrogens is 256 g/mol. The molecule has 2 heterocycles. The molecule has 2 rings (SSSR count). The van der Waals surface area contributed by atoms with Crippen LogP contribution < -0.4 is 10.2 Å². The lowest BCUT2D eigenvalue weighted by Crippen LogP contribution is -2.28. The zero-order valence-electron chi connectivity index (χ0n) is 12.0. The van der Waals surface area contributed by atoms with Gasteiger partial charge in [-0.05, 0) is 25.8 Å². The van der Waals surface area contributed by atoms with Crippen LogP contribution in [0.2, 0.25) is 0 Å². The molecule has 0 unspecified atom stereocenters. The summed E-state index contributed by atoms with van der Waals surface area (Å²) in [5.41, 5.74) is 0.104. The predicted molar refractivity (Wildman–Crippen MR) is 80.4 cm³/mol. The summed E-state index contributed by atoms with van der Waals surface area (Å²) in [5.74, 6) is 1.21. The van der Waals surface area contributed by atoms with E-state index in [2.05, 4.69) is 15.2 Å². The van der Waals surface area contributed by atoms with E-state index >= 15 is 0 Å². The normalized spacial score (nSPS) is 16.4. The maximum atomic E-state index is 11.2. The van der Waals surface area contributed by atoms with Gasteiger partial charge >= 0.3 is 5.69 Å². The zero-order chi connectivity index (χ0) is 14.4. The van der Waals surface area contributed by atoms with Crippen molar-refractivity contribution in [2.24, 2.45) is 0 Å². The van der Waals surface area contributed by atoms with E-state index in [1.165, 1.54) is 19.3 Å². The average Bonchev–Trinajstić information content (AvgIpc) is 2.38. The van der Waals surface area contributed by atoms with Crippen molar-refractivity contribution in [1.82, 2.24) is 4.98 Å². The second-order valence-corrected chi connectivity index (χ2v) is 5.08. The summed E-state index contributed by atoms with van der Waals surface area (Å²) >= 11 is 0. The third-order valence-corrected chi connectivity index (χ3v) is 3.56. The topological polar surface area (TPSA) is 71.3 Å². The van der Waals surface area contributed by atoms with Gasteiger partial charge in [0.05, 0.1) is 4.92 Å². The molecule has 0 atom stereocenters. The number of pyridine rings is 1. The van der Waals surface area contributed by atoms with Crippen molar-refractivity contribution in [3.8, 4) is 0 Å². The van der Waals surface area contributed by atoms with Crippen molar-refractivity contribution in [2.45, 2.75) is 39.0 Å². The summed E-state index contributed by atoms with van der Waals surface area (Å²) in [6.45, 7) is 4.44. The van der Waals surface area contributed by atoms with Crippen molar-refractivity contribution in [1.29, 1.82) is 0 Å². The fourth-order valence-electron chi connectivity index (χ4n) is 2.56. The standard InChI is InChI=1S/C14H22N4O2/c1-2-15-13-9-8-12(18(19)20)14(16-13)17-10-6-4-3-5-7-11-17/h8-9H,2-7,10-11H2,1H3,(H,15,16). The highest BCUT2D eigenvalue weighted by Crippen LogP contribution is 2.29. The van der Waals surface area contributed by atoms with Crippen LogP contribution in [0.5, 0.6) is 0 Å². The third kappa shape index (κ3) is 3.59. The lowest BCUT2D eigenvalue weighted by molar-refractivity contribution is -0.384. The van der Waals surface area contributed by atoms with Gasteiger partial charge < -0.3 is 10.2 Å². The van der Waals surface area contributed by atoms with E-state index in [4.69, 9.17) is 0 Å². The lowest BCUT2D eigenvalue weighted by Gasteiger charge is -2.25. The van der Waals surface area contributed by atoms with E-state index in [-0.39, 0.29) is 10.6 Å². The van der Waals surface area contributed by atoms with Crippen LogP contribution in [0.4, 0.5) is 17.3 Å². The largest absolute Gasteiger partial charge is 0.370 e. The van der Waals surface area contributed by atoms with Crippen LogP contribution in [0.3, 0.4) is 0 Å².